The van der Waals surface area contributed by atoms with Gasteiger partial charge in [0.15, 0.2) is 0 Å². The standard InChI is InChI=1S/C49H34N2O/c1-33-11-9-14-40(31-33)50(39-28-23-35(24-29-39)41-17-10-18-44-43-16-6-8-20-48(43)52-49(41)44)38-26-21-34(22-27-38)36-25-30-47-45(32-36)42-15-5-7-19-46(42)51(47)37-12-3-2-4-13-37/h2-32H,1H3. The Hall–Kier alpha value is -6.84. The molecule has 0 spiro atoms. The number of hydrogen-bond donors (Lipinski definition) is 0. The van der Waals surface area contributed by atoms with Crippen LogP contribution in [0.3, 0.4) is 0 Å². The molecule has 0 bridgehead atoms. The third-order valence-corrected chi connectivity index (χ3v) is 10.2. The Morgan fingerprint density at radius 1 is 0.423 bits per heavy atom. The summed E-state index contributed by atoms with van der Waals surface area (Å²) in [5.74, 6) is 0. The number of aryl methyl sites for hydroxylation is 1. The lowest BCUT2D eigenvalue weighted by atomic mass is 10.0. The topological polar surface area (TPSA) is 21.3 Å². The van der Waals surface area contributed by atoms with Crippen LogP contribution in [0.5, 0.6) is 0 Å². The highest BCUT2D eigenvalue weighted by Gasteiger charge is 2.17. The first-order valence-corrected chi connectivity index (χ1v) is 17.8. The fourth-order valence-corrected chi connectivity index (χ4v) is 7.79. The summed E-state index contributed by atoms with van der Waals surface area (Å²) in [4.78, 5) is 2.33. The summed E-state index contributed by atoms with van der Waals surface area (Å²) in [6, 6.07) is 67.3. The Morgan fingerprint density at radius 3 is 1.85 bits per heavy atom. The number of para-hydroxylation sites is 4. The summed E-state index contributed by atoms with van der Waals surface area (Å²) in [6.45, 7) is 2.15. The first-order chi connectivity index (χ1) is 25.7. The number of aromatic nitrogens is 1. The van der Waals surface area contributed by atoms with Gasteiger partial charge in [0, 0.05) is 49.9 Å². The molecule has 2 heterocycles. The first kappa shape index (κ1) is 30.0. The van der Waals surface area contributed by atoms with Gasteiger partial charge < -0.3 is 13.9 Å². The predicted octanol–water partition coefficient (Wildman–Crippen LogP) is 13.8. The average molecular weight is 667 g/mol. The van der Waals surface area contributed by atoms with Gasteiger partial charge in [-0.05, 0) is 102 Å². The molecule has 10 rings (SSSR count). The number of rotatable bonds is 6. The van der Waals surface area contributed by atoms with E-state index in [0.29, 0.717) is 0 Å². The molecule has 0 unspecified atom stereocenters. The molecule has 0 aliphatic carbocycles. The Labute approximate surface area is 302 Å². The first-order valence-electron chi connectivity index (χ1n) is 17.8. The van der Waals surface area contributed by atoms with Crippen molar-refractivity contribution in [1.82, 2.24) is 4.57 Å². The minimum atomic E-state index is 0.912. The number of nitrogens with zero attached hydrogens (tertiary/aromatic N) is 2. The van der Waals surface area contributed by atoms with Crippen LogP contribution in [0.2, 0.25) is 0 Å². The van der Waals surface area contributed by atoms with Crippen LogP contribution in [-0.2, 0) is 0 Å². The highest BCUT2D eigenvalue weighted by Crippen LogP contribution is 2.40. The van der Waals surface area contributed by atoms with Crippen LogP contribution in [0.4, 0.5) is 17.1 Å². The van der Waals surface area contributed by atoms with Gasteiger partial charge in [-0.2, -0.15) is 0 Å². The van der Waals surface area contributed by atoms with Crippen molar-refractivity contribution in [1.29, 1.82) is 0 Å². The van der Waals surface area contributed by atoms with Gasteiger partial charge in [0.1, 0.15) is 11.2 Å². The lowest BCUT2D eigenvalue weighted by Crippen LogP contribution is -2.10. The van der Waals surface area contributed by atoms with Crippen LogP contribution >= 0.6 is 0 Å². The van der Waals surface area contributed by atoms with Crippen LogP contribution < -0.4 is 4.90 Å². The van der Waals surface area contributed by atoms with E-state index < -0.39 is 0 Å². The molecule has 2 aromatic heterocycles. The Morgan fingerprint density at radius 2 is 1.06 bits per heavy atom. The van der Waals surface area contributed by atoms with Crippen molar-refractivity contribution in [2.24, 2.45) is 0 Å². The molecule has 246 valence electrons. The van der Waals surface area contributed by atoms with Crippen LogP contribution in [0.15, 0.2) is 192 Å². The molecule has 3 heteroatoms. The van der Waals surface area contributed by atoms with Crippen LogP contribution in [0, 0.1) is 6.92 Å². The molecule has 0 atom stereocenters. The zero-order valence-corrected chi connectivity index (χ0v) is 28.7. The maximum absolute atomic E-state index is 6.37. The Balaban J connectivity index is 1.03. The van der Waals surface area contributed by atoms with Crippen LogP contribution in [0.25, 0.3) is 71.7 Å². The van der Waals surface area contributed by atoms with Crippen LogP contribution in [-0.4, -0.2) is 4.57 Å². The van der Waals surface area contributed by atoms with Gasteiger partial charge in [-0.3, -0.25) is 0 Å². The maximum Gasteiger partial charge on any atom is 0.143 e. The quantitative estimate of drug-likeness (QED) is 0.176. The fraction of sp³-hybridized carbons (Fsp3) is 0.0204. The zero-order chi connectivity index (χ0) is 34.6. The number of furan rings is 1. The Bertz CT molecular complexity index is 2900. The van der Waals surface area contributed by atoms with Crippen molar-refractivity contribution in [3.05, 3.63) is 194 Å². The van der Waals surface area contributed by atoms with Crippen molar-refractivity contribution < 1.29 is 4.42 Å². The van der Waals surface area contributed by atoms with Crippen molar-refractivity contribution in [2.45, 2.75) is 6.92 Å². The SMILES string of the molecule is Cc1cccc(N(c2ccc(-c3ccc4c(c3)c3ccccc3n4-c3ccccc3)cc2)c2ccc(-c3cccc4c3oc3ccccc34)cc2)c1. The van der Waals surface area contributed by atoms with E-state index in [4.69, 9.17) is 4.42 Å². The molecule has 8 aromatic carbocycles. The van der Waals surface area contributed by atoms with Gasteiger partial charge in [0.05, 0.1) is 11.0 Å². The van der Waals surface area contributed by atoms with Gasteiger partial charge in [-0.15, -0.1) is 0 Å². The number of fused-ring (bicyclic) bond motifs is 6. The third kappa shape index (κ3) is 4.98. The van der Waals surface area contributed by atoms with E-state index in [2.05, 4.69) is 192 Å². The molecule has 0 aliphatic heterocycles. The second-order valence-corrected chi connectivity index (χ2v) is 13.5. The number of benzene rings is 8. The van der Waals surface area contributed by atoms with Crippen molar-refractivity contribution >= 4 is 60.8 Å². The molecule has 0 saturated heterocycles. The fourth-order valence-electron chi connectivity index (χ4n) is 7.79. The molecule has 10 aromatic rings. The molecule has 0 aliphatic rings. The second-order valence-electron chi connectivity index (χ2n) is 13.5. The van der Waals surface area contributed by atoms with Gasteiger partial charge in [0.2, 0.25) is 0 Å². The van der Waals surface area contributed by atoms with Gasteiger partial charge >= 0.3 is 0 Å². The normalized spacial score (nSPS) is 11.6. The van der Waals surface area contributed by atoms with Crippen molar-refractivity contribution in [3.63, 3.8) is 0 Å². The smallest absolute Gasteiger partial charge is 0.143 e. The third-order valence-electron chi connectivity index (χ3n) is 10.2. The van der Waals surface area contributed by atoms with E-state index in [1.165, 1.54) is 44.2 Å². The van der Waals surface area contributed by atoms with E-state index in [1.807, 2.05) is 12.1 Å². The van der Waals surface area contributed by atoms with Crippen molar-refractivity contribution in [2.75, 3.05) is 4.90 Å². The van der Waals surface area contributed by atoms with E-state index >= 15 is 0 Å². The molecule has 3 nitrogen and oxygen atoms in total. The molecule has 0 radical (unpaired) electrons. The van der Waals surface area contributed by atoms with E-state index in [9.17, 15) is 0 Å². The monoisotopic (exact) mass is 666 g/mol. The lowest BCUT2D eigenvalue weighted by Gasteiger charge is -2.26. The number of hydrogen-bond acceptors (Lipinski definition) is 2. The average Bonchev–Trinajstić information content (AvgIpc) is 3.75. The molecule has 0 amide bonds. The number of anilines is 3. The maximum atomic E-state index is 6.37. The van der Waals surface area contributed by atoms with Gasteiger partial charge in [-0.25, -0.2) is 0 Å². The van der Waals surface area contributed by atoms with E-state index in [1.54, 1.807) is 0 Å². The molecular formula is C49H34N2O. The summed E-state index contributed by atoms with van der Waals surface area (Å²) in [5.41, 5.74) is 14.5. The Kier molecular flexibility index (Phi) is 7.04. The summed E-state index contributed by atoms with van der Waals surface area (Å²) in [5, 5.41) is 4.79. The van der Waals surface area contributed by atoms with Crippen molar-refractivity contribution in [3.8, 4) is 27.9 Å². The summed E-state index contributed by atoms with van der Waals surface area (Å²) < 4.78 is 8.73. The highest BCUT2D eigenvalue weighted by atomic mass is 16.3. The minimum absolute atomic E-state index is 0.912. The molecular weight excluding hydrogens is 633 g/mol. The summed E-state index contributed by atoms with van der Waals surface area (Å²) in [6.07, 6.45) is 0. The molecule has 0 saturated carbocycles. The molecule has 0 N–H and O–H groups in total. The minimum Gasteiger partial charge on any atom is -0.455 e. The molecule has 52 heavy (non-hydrogen) atoms. The largest absolute Gasteiger partial charge is 0.455 e. The van der Waals surface area contributed by atoms with Gasteiger partial charge in [-0.1, -0.05) is 115 Å². The second kappa shape index (κ2) is 12.2. The highest BCUT2D eigenvalue weighted by molar-refractivity contribution is 6.11. The van der Waals surface area contributed by atoms with Gasteiger partial charge in [0.25, 0.3) is 0 Å². The van der Waals surface area contributed by atoms with Crippen LogP contribution in [0.1, 0.15) is 5.56 Å². The van der Waals surface area contributed by atoms with E-state index in [0.717, 1.165) is 50.1 Å². The lowest BCUT2D eigenvalue weighted by molar-refractivity contribution is 0.670. The predicted molar refractivity (Wildman–Crippen MR) is 218 cm³/mol. The summed E-state index contributed by atoms with van der Waals surface area (Å²) in [7, 11) is 0. The van der Waals surface area contributed by atoms with E-state index in [-0.39, 0.29) is 0 Å². The molecule has 0 fully saturated rings. The summed E-state index contributed by atoms with van der Waals surface area (Å²) >= 11 is 0. The zero-order valence-electron chi connectivity index (χ0n) is 28.7.